The summed E-state index contributed by atoms with van der Waals surface area (Å²) in [5.41, 5.74) is 9.83. The Bertz CT molecular complexity index is 628. The second-order valence-corrected chi connectivity index (χ2v) is 4.69. The number of benzene rings is 1. The molecule has 2 aromatic rings. The van der Waals surface area contributed by atoms with E-state index in [0.717, 1.165) is 28.2 Å². The van der Waals surface area contributed by atoms with Crippen molar-refractivity contribution in [3.8, 4) is 5.69 Å². The van der Waals surface area contributed by atoms with E-state index in [1.54, 1.807) is 4.68 Å². The Labute approximate surface area is 111 Å². The molecule has 4 nitrogen and oxygen atoms in total. The summed E-state index contributed by atoms with van der Waals surface area (Å²) in [4.78, 5) is 0. The van der Waals surface area contributed by atoms with Gasteiger partial charge >= 0.3 is 0 Å². The number of hydrogen-bond acceptors (Lipinski definition) is 2. The van der Waals surface area contributed by atoms with E-state index in [9.17, 15) is 0 Å². The van der Waals surface area contributed by atoms with E-state index in [2.05, 4.69) is 5.10 Å². The van der Waals surface area contributed by atoms with E-state index in [-0.39, 0.29) is 5.84 Å². The Morgan fingerprint density at radius 2 is 2.00 bits per heavy atom. The number of aryl methyl sites for hydroxylation is 2. The molecule has 94 valence electrons. The molecule has 0 spiro atoms. The van der Waals surface area contributed by atoms with Gasteiger partial charge in [0.1, 0.15) is 5.84 Å². The topological polar surface area (TPSA) is 67.7 Å². The lowest BCUT2D eigenvalue weighted by atomic mass is 10.1. The molecule has 3 N–H and O–H groups in total. The van der Waals surface area contributed by atoms with E-state index in [1.165, 1.54) is 0 Å². The van der Waals surface area contributed by atoms with Crippen molar-refractivity contribution in [2.24, 2.45) is 5.73 Å². The minimum atomic E-state index is 0.0745. The third-order valence-corrected chi connectivity index (χ3v) is 3.49. The normalized spacial score (nSPS) is 10.7. The van der Waals surface area contributed by atoms with Crippen LogP contribution in [0.1, 0.15) is 22.5 Å². The van der Waals surface area contributed by atoms with Gasteiger partial charge in [0.05, 0.1) is 22.1 Å². The lowest BCUT2D eigenvalue weighted by Crippen LogP contribution is -2.13. The minimum Gasteiger partial charge on any atom is -0.384 e. The van der Waals surface area contributed by atoms with Crippen molar-refractivity contribution in [1.82, 2.24) is 9.78 Å². The summed E-state index contributed by atoms with van der Waals surface area (Å²) in [6.45, 7) is 5.73. The zero-order valence-corrected chi connectivity index (χ0v) is 11.3. The number of rotatable bonds is 2. The maximum atomic E-state index is 7.47. The van der Waals surface area contributed by atoms with Crippen LogP contribution in [0.3, 0.4) is 0 Å². The number of nitrogens with one attached hydrogen (secondary N) is 1. The average Bonchev–Trinajstić information content (AvgIpc) is 2.56. The van der Waals surface area contributed by atoms with Crippen molar-refractivity contribution in [3.05, 3.63) is 45.7 Å². The first-order valence-corrected chi connectivity index (χ1v) is 5.96. The highest BCUT2D eigenvalue weighted by molar-refractivity contribution is 6.31. The third-order valence-electron chi connectivity index (χ3n) is 2.95. The Kier molecular flexibility index (Phi) is 3.13. The van der Waals surface area contributed by atoms with Crippen LogP contribution in [0.15, 0.2) is 18.2 Å². The smallest absolute Gasteiger partial charge is 0.123 e. The molecule has 0 bridgehead atoms. The molecule has 0 aliphatic carbocycles. The van der Waals surface area contributed by atoms with Crippen LogP contribution < -0.4 is 5.73 Å². The first-order valence-electron chi connectivity index (χ1n) is 5.59. The van der Waals surface area contributed by atoms with Gasteiger partial charge < -0.3 is 5.73 Å². The van der Waals surface area contributed by atoms with Gasteiger partial charge in [0, 0.05) is 5.56 Å². The van der Waals surface area contributed by atoms with Crippen LogP contribution in [-0.4, -0.2) is 15.6 Å². The van der Waals surface area contributed by atoms with E-state index in [0.29, 0.717) is 5.02 Å². The van der Waals surface area contributed by atoms with Crippen LogP contribution in [-0.2, 0) is 0 Å². The predicted molar refractivity (Wildman–Crippen MR) is 73.8 cm³/mol. The first kappa shape index (κ1) is 12.6. The number of nitrogens with two attached hydrogens (primary N) is 1. The molecule has 18 heavy (non-hydrogen) atoms. The molecule has 0 radical (unpaired) electrons. The Hall–Kier alpha value is -1.81. The summed E-state index contributed by atoms with van der Waals surface area (Å²) in [7, 11) is 0. The summed E-state index contributed by atoms with van der Waals surface area (Å²) in [6.07, 6.45) is 0. The van der Waals surface area contributed by atoms with Crippen LogP contribution in [0.2, 0.25) is 5.02 Å². The van der Waals surface area contributed by atoms with Crippen LogP contribution in [0.4, 0.5) is 0 Å². The van der Waals surface area contributed by atoms with Crippen molar-refractivity contribution in [1.29, 1.82) is 5.41 Å². The quantitative estimate of drug-likeness (QED) is 0.645. The first-order chi connectivity index (χ1) is 8.41. The highest BCUT2D eigenvalue weighted by Crippen LogP contribution is 2.23. The number of halogens is 1. The Balaban J connectivity index is 2.55. The number of hydrogen-bond donors (Lipinski definition) is 2. The predicted octanol–water partition coefficient (Wildman–Crippen LogP) is 2.74. The summed E-state index contributed by atoms with van der Waals surface area (Å²) in [5, 5.41) is 12.5. The number of nitrogens with zero attached hydrogens (tertiary/aromatic N) is 2. The maximum absolute atomic E-state index is 7.47. The molecule has 0 saturated carbocycles. The van der Waals surface area contributed by atoms with Gasteiger partial charge in [-0.2, -0.15) is 5.10 Å². The van der Waals surface area contributed by atoms with Crippen molar-refractivity contribution >= 4 is 17.4 Å². The molecular weight excluding hydrogens is 248 g/mol. The molecule has 0 saturated heterocycles. The monoisotopic (exact) mass is 262 g/mol. The maximum Gasteiger partial charge on any atom is 0.123 e. The molecule has 0 unspecified atom stereocenters. The van der Waals surface area contributed by atoms with Crippen LogP contribution in [0.25, 0.3) is 5.69 Å². The third kappa shape index (κ3) is 1.99. The van der Waals surface area contributed by atoms with E-state index in [4.69, 9.17) is 22.7 Å². The zero-order chi connectivity index (χ0) is 13.4. The van der Waals surface area contributed by atoms with Crippen molar-refractivity contribution in [3.63, 3.8) is 0 Å². The SMILES string of the molecule is Cc1cc(-n2nc(C)c(Cl)c2C)ccc1C(=N)N. The largest absolute Gasteiger partial charge is 0.384 e. The summed E-state index contributed by atoms with van der Waals surface area (Å²) < 4.78 is 1.80. The Morgan fingerprint density at radius 3 is 2.44 bits per heavy atom. The van der Waals surface area contributed by atoms with E-state index >= 15 is 0 Å². The minimum absolute atomic E-state index is 0.0745. The van der Waals surface area contributed by atoms with Gasteiger partial charge in [-0.05, 0) is 44.5 Å². The lowest BCUT2D eigenvalue weighted by molar-refractivity contribution is 0.832. The Morgan fingerprint density at radius 1 is 1.33 bits per heavy atom. The van der Waals surface area contributed by atoms with Gasteiger partial charge in [-0.1, -0.05) is 11.6 Å². The fourth-order valence-corrected chi connectivity index (χ4v) is 2.07. The standard InChI is InChI=1S/C13H15ClN4/c1-7-6-10(4-5-11(7)13(15)16)18-9(3)12(14)8(2)17-18/h4-6H,1-3H3,(H3,15,16). The molecule has 0 aliphatic heterocycles. The van der Waals surface area contributed by atoms with Crippen molar-refractivity contribution in [2.75, 3.05) is 0 Å². The number of amidine groups is 1. The molecular formula is C13H15ClN4. The van der Waals surface area contributed by atoms with Crippen molar-refractivity contribution in [2.45, 2.75) is 20.8 Å². The molecule has 5 heteroatoms. The van der Waals surface area contributed by atoms with Crippen LogP contribution >= 0.6 is 11.6 Å². The van der Waals surface area contributed by atoms with Gasteiger partial charge in [0.15, 0.2) is 0 Å². The molecule has 0 atom stereocenters. The molecule has 0 fully saturated rings. The number of nitrogen functional groups attached to an aromatic ring is 1. The van der Waals surface area contributed by atoms with Gasteiger partial charge in [0.25, 0.3) is 0 Å². The van der Waals surface area contributed by atoms with Gasteiger partial charge in [0.2, 0.25) is 0 Å². The summed E-state index contributed by atoms with van der Waals surface area (Å²) in [5.74, 6) is 0.0745. The lowest BCUT2D eigenvalue weighted by Gasteiger charge is -2.08. The van der Waals surface area contributed by atoms with E-state index in [1.807, 2.05) is 39.0 Å². The zero-order valence-electron chi connectivity index (χ0n) is 10.6. The highest BCUT2D eigenvalue weighted by atomic mass is 35.5. The summed E-state index contributed by atoms with van der Waals surface area (Å²) >= 11 is 6.13. The molecule has 0 amide bonds. The van der Waals surface area contributed by atoms with Crippen molar-refractivity contribution < 1.29 is 0 Å². The fourth-order valence-electron chi connectivity index (χ4n) is 1.96. The number of aromatic nitrogens is 2. The molecule has 1 aromatic carbocycles. The fraction of sp³-hybridized carbons (Fsp3) is 0.231. The second kappa shape index (κ2) is 4.46. The summed E-state index contributed by atoms with van der Waals surface area (Å²) in [6, 6.07) is 5.67. The molecule has 2 rings (SSSR count). The second-order valence-electron chi connectivity index (χ2n) is 4.31. The highest BCUT2D eigenvalue weighted by Gasteiger charge is 2.11. The molecule has 1 heterocycles. The van der Waals surface area contributed by atoms with Gasteiger partial charge in [-0.3, -0.25) is 5.41 Å². The average molecular weight is 263 g/mol. The molecule has 0 aliphatic rings. The van der Waals surface area contributed by atoms with Gasteiger partial charge in [-0.25, -0.2) is 4.68 Å². The van der Waals surface area contributed by atoms with Gasteiger partial charge in [-0.15, -0.1) is 0 Å². The van der Waals surface area contributed by atoms with Crippen LogP contribution in [0.5, 0.6) is 0 Å². The van der Waals surface area contributed by atoms with Crippen LogP contribution in [0, 0.1) is 26.2 Å². The van der Waals surface area contributed by atoms with E-state index < -0.39 is 0 Å². The molecule has 1 aromatic heterocycles.